The predicted molar refractivity (Wildman–Crippen MR) is 243 cm³/mol. The molecule has 1 aliphatic carbocycles. The van der Waals surface area contributed by atoms with Crippen molar-refractivity contribution in [2.45, 2.75) is 75.4 Å². The first-order chi connectivity index (χ1) is 31.1. The van der Waals surface area contributed by atoms with Crippen molar-refractivity contribution < 1.29 is 38.2 Å². The molecule has 14 nitrogen and oxygen atoms in total. The van der Waals surface area contributed by atoms with Gasteiger partial charge in [0.25, 0.3) is 11.8 Å². The highest BCUT2D eigenvalue weighted by Crippen LogP contribution is 2.43. The van der Waals surface area contributed by atoms with E-state index < -0.39 is 47.2 Å². The van der Waals surface area contributed by atoms with Gasteiger partial charge >= 0.3 is 12.1 Å². The highest BCUT2D eigenvalue weighted by molar-refractivity contribution is 8.00. The lowest BCUT2D eigenvalue weighted by Crippen LogP contribution is -2.71. The number of benzene rings is 3. The van der Waals surface area contributed by atoms with E-state index in [1.54, 1.807) is 23.7 Å². The number of pyridine rings is 1. The molecular formula is C48H46N6O8S2. The first-order valence-electron chi connectivity index (χ1n) is 20.9. The molecule has 2 aromatic heterocycles. The fourth-order valence-electron chi connectivity index (χ4n) is 7.85. The second-order valence-electron chi connectivity index (χ2n) is 15.4. The molecular weight excluding hydrogens is 853 g/mol. The summed E-state index contributed by atoms with van der Waals surface area (Å²) in [6, 6.07) is 31.3. The van der Waals surface area contributed by atoms with E-state index in [-0.39, 0.29) is 34.1 Å². The Bertz CT molecular complexity index is 2470. The molecule has 5 aromatic rings. The van der Waals surface area contributed by atoms with Gasteiger partial charge in [0.2, 0.25) is 11.9 Å². The molecule has 0 radical (unpaired) electrons. The zero-order valence-corrected chi connectivity index (χ0v) is 36.8. The number of carbonyl (C=O) groups is 4. The highest BCUT2D eigenvalue weighted by Gasteiger charge is 2.55. The van der Waals surface area contributed by atoms with Crippen molar-refractivity contribution in [1.29, 1.82) is 0 Å². The first kappa shape index (κ1) is 43.9. The molecule has 4 heterocycles. The third-order valence-corrected chi connectivity index (χ3v) is 13.0. The van der Waals surface area contributed by atoms with E-state index in [2.05, 4.69) is 20.4 Å². The van der Waals surface area contributed by atoms with Crippen LogP contribution in [0.1, 0.15) is 72.7 Å². The second kappa shape index (κ2) is 19.7. The Labute approximate surface area is 378 Å². The number of esters is 1. The Hall–Kier alpha value is -6.78. The summed E-state index contributed by atoms with van der Waals surface area (Å²) in [6.45, 7) is 3.28. The zero-order chi connectivity index (χ0) is 44.6. The lowest BCUT2D eigenvalue weighted by Gasteiger charge is -2.49. The number of β-lactam (4-membered cyclic amide) rings is 1. The van der Waals surface area contributed by atoms with Gasteiger partial charge in [-0.15, -0.1) is 23.1 Å². The number of nitrogens with one attached hydrogen (secondary N) is 1. The highest BCUT2D eigenvalue weighted by atomic mass is 32.2. The molecule has 3 aromatic carbocycles. The SMILES string of the molecule is Cc1ccc(/C=C\C2=C(C(=O)OC(C)OC(=O)OC3CCCCC3)N3C(=O)[C@@H](NC(=O)/C(=N/OC(c4ccccc4)(c4ccccc4)c4ccccc4)c4csc(N)n4)[C@H]3SC2)cn1. The van der Waals surface area contributed by atoms with Crippen LogP contribution >= 0.6 is 23.1 Å². The summed E-state index contributed by atoms with van der Waals surface area (Å²) in [4.78, 5) is 72.1. The third-order valence-electron chi connectivity index (χ3n) is 11.0. The van der Waals surface area contributed by atoms with Gasteiger partial charge in [-0.2, -0.15) is 0 Å². The molecule has 3 atom stereocenters. The standard InChI is InChI=1S/C48H46N6O8S2/c1-30-23-24-32(27-50-30)25-26-33-28-63-44-40(43(56)54(44)41(33)45(57)59-31(2)60-47(58)61-37-21-13-6-14-22-37)52-42(55)39(38-29-64-46(49)51-38)53-62-48(34-15-7-3-8-16-34,35-17-9-4-10-18-35)36-19-11-5-12-20-36/h3-5,7-12,15-20,23-27,29,31,37,40,44H,6,13-14,21-22,28H2,1-2H3,(H2,49,51)(H,52,55)/b26-25-,53-39+/t31?,40-,44-/m1/s1. The molecule has 16 heteroatoms. The van der Waals surface area contributed by atoms with Crippen molar-refractivity contribution in [2.75, 3.05) is 11.5 Å². The molecule has 3 N–H and O–H groups in total. The van der Waals surface area contributed by atoms with Crippen LogP contribution < -0.4 is 11.1 Å². The average Bonchev–Trinajstić information content (AvgIpc) is 3.75. The lowest BCUT2D eigenvalue weighted by atomic mass is 9.80. The lowest BCUT2D eigenvalue weighted by molar-refractivity contribution is -0.169. The number of hydrogen-bond acceptors (Lipinski definition) is 14. The Kier molecular flexibility index (Phi) is 13.5. The Morgan fingerprint density at radius 1 is 0.891 bits per heavy atom. The minimum Gasteiger partial charge on any atom is -0.431 e. The molecule has 1 saturated carbocycles. The minimum absolute atomic E-state index is 0.0467. The minimum atomic E-state index is -1.33. The fraction of sp³-hybridized carbons (Fsp3) is 0.271. The number of amides is 2. The maximum atomic E-state index is 14.5. The molecule has 2 aliphatic heterocycles. The van der Waals surface area contributed by atoms with Crippen LogP contribution in [0, 0.1) is 6.92 Å². The normalized spacial score (nSPS) is 18.4. The summed E-state index contributed by atoms with van der Waals surface area (Å²) in [5, 5.41) is 8.48. The van der Waals surface area contributed by atoms with Crippen molar-refractivity contribution in [2.24, 2.45) is 5.16 Å². The number of nitrogen functional groups attached to an aromatic ring is 1. The topological polar surface area (TPSA) is 185 Å². The van der Waals surface area contributed by atoms with Gasteiger partial charge in [0, 0.05) is 46.6 Å². The van der Waals surface area contributed by atoms with Gasteiger partial charge < -0.3 is 30.1 Å². The number of aryl methyl sites for hydroxylation is 1. The Balaban J connectivity index is 1.07. The van der Waals surface area contributed by atoms with Gasteiger partial charge in [0.1, 0.15) is 28.9 Å². The number of ether oxygens (including phenoxy) is 3. The van der Waals surface area contributed by atoms with E-state index in [0.29, 0.717) is 5.57 Å². The van der Waals surface area contributed by atoms with E-state index in [1.807, 2.05) is 110 Å². The van der Waals surface area contributed by atoms with Crippen molar-refractivity contribution in [1.82, 2.24) is 20.2 Å². The van der Waals surface area contributed by atoms with E-state index in [4.69, 9.17) is 24.8 Å². The zero-order valence-electron chi connectivity index (χ0n) is 35.1. The summed E-state index contributed by atoms with van der Waals surface area (Å²) >= 11 is 2.47. The van der Waals surface area contributed by atoms with Crippen LogP contribution in [0.15, 0.2) is 137 Å². The van der Waals surface area contributed by atoms with Crippen LogP contribution in [-0.4, -0.2) is 74.1 Å². The number of rotatable bonds is 14. The van der Waals surface area contributed by atoms with Crippen LogP contribution in [-0.2, 0) is 39.0 Å². The maximum absolute atomic E-state index is 14.5. The molecule has 3 aliphatic rings. The Morgan fingerprint density at radius 3 is 2.11 bits per heavy atom. The van der Waals surface area contributed by atoms with E-state index in [1.165, 1.54) is 23.6 Å². The number of aromatic nitrogens is 2. The molecule has 2 fully saturated rings. The van der Waals surface area contributed by atoms with E-state index in [0.717, 1.165) is 71.4 Å². The van der Waals surface area contributed by atoms with Crippen LogP contribution in [0.4, 0.5) is 9.93 Å². The summed E-state index contributed by atoms with van der Waals surface area (Å²) in [6.07, 6.45) is 7.14. The summed E-state index contributed by atoms with van der Waals surface area (Å²) in [5.74, 6) is -1.96. The molecule has 2 amide bonds. The maximum Gasteiger partial charge on any atom is 0.511 e. The largest absolute Gasteiger partial charge is 0.511 e. The van der Waals surface area contributed by atoms with E-state index >= 15 is 0 Å². The summed E-state index contributed by atoms with van der Waals surface area (Å²) < 4.78 is 16.4. The summed E-state index contributed by atoms with van der Waals surface area (Å²) in [7, 11) is 0. The number of hydrogen-bond donors (Lipinski definition) is 2. The average molecular weight is 899 g/mol. The number of nitrogens with zero attached hydrogens (tertiary/aromatic N) is 4. The quantitative estimate of drug-likeness (QED) is 0.0275. The number of thioether (sulfide) groups is 1. The van der Waals surface area contributed by atoms with Gasteiger partial charge in [0.05, 0.1) is 0 Å². The number of thiazole rings is 1. The molecule has 8 rings (SSSR count). The fourth-order valence-corrected chi connectivity index (χ4v) is 9.72. The molecule has 328 valence electrons. The summed E-state index contributed by atoms with van der Waals surface area (Å²) in [5.41, 5.74) is 8.94. The van der Waals surface area contributed by atoms with E-state index in [9.17, 15) is 19.2 Å². The predicted octanol–water partition coefficient (Wildman–Crippen LogP) is 7.88. The second-order valence-corrected chi connectivity index (χ2v) is 17.4. The van der Waals surface area contributed by atoms with Crippen molar-refractivity contribution in [3.05, 3.63) is 166 Å². The van der Waals surface area contributed by atoms with Gasteiger partial charge in [-0.05, 0) is 49.8 Å². The number of carbonyl (C=O) groups excluding carboxylic acids is 4. The van der Waals surface area contributed by atoms with Crippen molar-refractivity contribution in [3.8, 4) is 0 Å². The third kappa shape index (κ3) is 9.57. The molecule has 1 saturated heterocycles. The molecule has 64 heavy (non-hydrogen) atoms. The molecule has 0 spiro atoms. The van der Waals surface area contributed by atoms with Gasteiger partial charge in [-0.1, -0.05) is 121 Å². The van der Waals surface area contributed by atoms with Crippen LogP contribution in [0.3, 0.4) is 0 Å². The van der Waals surface area contributed by atoms with Crippen LogP contribution in [0.25, 0.3) is 6.08 Å². The van der Waals surface area contributed by atoms with Crippen LogP contribution in [0.5, 0.6) is 0 Å². The number of anilines is 1. The van der Waals surface area contributed by atoms with Gasteiger partial charge in [0.15, 0.2) is 10.8 Å². The van der Waals surface area contributed by atoms with Gasteiger partial charge in [-0.3, -0.25) is 19.5 Å². The number of nitrogens with two attached hydrogens (primary N) is 1. The van der Waals surface area contributed by atoms with Crippen LogP contribution in [0.2, 0.25) is 0 Å². The molecule has 0 bridgehead atoms. The number of fused-ring (bicyclic) bond motifs is 1. The number of oxime groups is 1. The monoisotopic (exact) mass is 898 g/mol. The Morgan fingerprint density at radius 2 is 1.53 bits per heavy atom. The van der Waals surface area contributed by atoms with Crippen molar-refractivity contribution in [3.63, 3.8) is 0 Å². The number of allylic oxidation sites excluding steroid dienone is 1. The smallest absolute Gasteiger partial charge is 0.431 e. The van der Waals surface area contributed by atoms with Crippen molar-refractivity contribution >= 4 is 64.0 Å². The van der Waals surface area contributed by atoms with Gasteiger partial charge in [-0.25, -0.2) is 14.6 Å². The molecule has 1 unspecified atom stereocenters. The first-order valence-corrected chi connectivity index (χ1v) is 22.9.